The Morgan fingerprint density at radius 3 is 3.00 bits per heavy atom. The predicted molar refractivity (Wildman–Crippen MR) is 84.9 cm³/mol. The molecule has 20 heavy (non-hydrogen) atoms. The van der Waals surface area contributed by atoms with Crippen LogP contribution in [-0.2, 0) is 13.1 Å². The van der Waals surface area contributed by atoms with Gasteiger partial charge in [-0.15, -0.1) is 11.3 Å². The minimum atomic E-state index is 0.771. The Bertz CT molecular complexity index is 414. The molecule has 3 nitrogen and oxygen atoms in total. The first-order valence-corrected chi connectivity index (χ1v) is 9.14. The Balaban J connectivity index is 1.54. The van der Waals surface area contributed by atoms with Gasteiger partial charge in [0.1, 0.15) is 5.01 Å². The van der Waals surface area contributed by atoms with Gasteiger partial charge in [-0.25, -0.2) is 4.98 Å². The normalized spacial score (nSPS) is 24.8. The Morgan fingerprint density at radius 2 is 2.20 bits per heavy atom. The second-order valence-corrected chi connectivity index (χ2v) is 7.21. The lowest BCUT2D eigenvalue weighted by atomic mass is 10.1. The van der Waals surface area contributed by atoms with E-state index in [4.69, 9.17) is 4.98 Å². The summed E-state index contributed by atoms with van der Waals surface area (Å²) in [6, 6.07) is 1.55. The van der Waals surface area contributed by atoms with E-state index in [1.807, 2.05) is 11.3 Å². The van der Waals surface area contributed by atoms with E-state index in [-0.39, 0.29) is 0 Å². The largest absolute Gasteiger partial charge is 0.308 e. The van der Waals surface area contributed by atoms with Gasteiger partial charge < -0.3 is 5.32 Å². The van der Waals surface area contributed by atoms with E-state index in [1.165, 1.54) is 62.2 Å². The van der Waals surface area contributed by atoms with Gasteiger partial charge >= 0.3 is 0 Å². The van der Waals surface area contributed by atoms with Crippen LogP contribution in [0.15, 0.2) is 5.38 Å². The zero-order valence-corrected chi connectivity index (χ0v) is 13.4. The van der Waals surface area contributed by atoms with Crippen molar-refractivity contribution in [3.8, 4) is 0 Å². The first-order chi connectivity index (χ1) is 9.85. The molecule has 1 saturated heterocycles. The second kappa shape index (κ2) is 7.01. The topological polar surface area (TPSA) is 28.2 Å². The molecule has 4 heteroatoms. The standard InChI is InChI=1S/C16H27N3S/c1-2-15-6-4-3-5-9-19(15)11-14-12-20-16(18-14)10-17-13-7-8-13/h12-13,15,17H,2-11H2,1H3. The summed E-state index contributed by atoms with van der Waals surface area (Å²) in [4.78, 5) is 7.48. The molecule has 0 radical (unpaired) electrons. The van der Waals surface area contributed by atoms with Crippen molar-refractivity contribution in [3.05, 3.63) is 16.1 Å². The zero-order chi connectivity index (χ0) is 13.8. The maximum absolute atomic E-state index is 4.82. The van der Waals surface area contributed by atoms with Crippen LogP contribution in [0.3, 0.4) is 0 Å². The number of hydrogen-bond donors (Lipinski definition) is 1. The van der Waals surface area contributed by atoms with Crippen molar-refractivity contribution in [1.82, 2.24) is 15.2 Å². The fourth-order valence-corrected chi connectivity index (χ4v) is 3.87. The van der Waals surface area contributed by atoms with E-state index in [2.05, 4.69) is 22.5 Å². The minimum Gasteiger partial charge on any atom is -0.308 e. The van der Waals surface area contributed by atoms with Gasteiger partial charge in [0.2, 0.25) is 0 Å². The highest BCUT2D eigenvalue weighted by molar-refractivity contribution is 7.09. The first kappa shape index (κ1) is 14.5. The third kappa shape index (κ3) is 4.03. The van der Waals surface area contributed by atoms with Crippen molar-refractivity contribution in [2.24, 2.45) is 0 Å². The average Bonchev–Trinajstić information content (AvgIpc) is 3.22. The lowest BCUT2D eigenvalue weighted by Gasteiger charge is -2.28. The molecule has 1 saturated carbocycles. The van der Waals surface area contributed by atoms with Crippen molar-refractivity contribution in [2.45, 2.75) is 77.0 Å². The highest BCUT2D eigenvalue weighted by Gasteiger charge is 2.22. The van der Waals surface area contributed by atoms with Gasteiger partial charge in [0.05, 0.1) is 5.69 Å². The molecule has 2 aliphatic rings. The molecule has 2 heterocycles. The van der Waals surface area contributed by atoms with E-state index in [9.17, 15) is 0 Å². The summed E-state index contributed by atoms with van der Waals surface area (Å²) < 4.78 is 0. The molecule has 1 aliphatic carbocycles. The molecule has 0 spiro atoms. The number of nitrogens with one attached hydrogen (secondary N) is 1. The van der Waals surface area contributed by atoms with E-state index in [0.29, 0.717) is 0 Å². The quantitative estimate of drug-likeness (QED) is 0.869. The number of nitrogens with zero attached hydrogens (tertiary/aromatic N) is 2. The van der Waals surface area contributed by atoms with Gasteiger partial charge in [0.15, 0.2) is 0 Å². The molecular weight excluding hydrogens is 266 g/mol. The first-order valence-electron chi connectivity index (χ1n) is 8.26. The lowest BCUT2D eigenvalue weighted by molar-refractivity contribution is 0.184. The van der Waals surface area contributed by atoms with Crippen LogP contribution < -0.4 is 5.32 Å². The minimum absolute atomic E-state index is 0.771. The van der Waals surface area contributed by atoms with Crippen molar-refractivity contribution >= 4 is 11.3 Å². The Hall–Kier alpha value is -0.450. The van der Waals surface area contributed by atoms with Gasteiger partial charge in [0.25, 0.3) is 0 Å². The number of hydrogen-bond acceptors (Lipinski definition) is 4. The molecule has 1 atom stereocenters. The van der Waals surface area contributed by atoms with Crippen LogP contribution in [0.25, 0.3) is 0 Å². The number of rotatable bonds is 6. The third-order valence-corrected chi connectivity index (χ3v) is 5.45. The van der Waals surface area contributed by atoms with Crippen LogP contribution in [0.1, 0.15) is 62.6 Å². The maximum Gasteiger partial charge on any atom is 0.107 e. The Morgan fingerprint density at radius 1 is 1.30 bits per heavy atom. The van der Waals surface area contributed by atoms with E-state index in [0.717, 1.165) is 25.2 Å². The molecule has 0 amide bonds. The second-order valence-electron chi connectivity index (χ2n) is 6.27. The van der Waals surface area contributed by atoms with Crippen LogP contribution in [0, 0.1) is 0 Å². The van der Waals surface area contributed by atoms with E-state index in [1.54, 1.807) is 0 Å². The van der Waals surface area contributed by atoms with Crippen LogP contribution in [0.2, 0.25) is 0 Å². The molecule has 0 aromatic carbocycles. The number of thiazole rings is 1. The molecule has 1 aromatic rings. The van der Waals surface area contributed by atoms with E-state index < -0.39 is 0 Å². The monoisotopic (exact) mass is 293 g/mol. The van der Waals surface area contributed by atoms with Crippen LogP contribution in [0.4, 0.5) is 0 Å². The van der Waals surface area contributed by atoms with Crippen LogP contribution in [0.5, 0.6) is 0 Å². The Kier molecular flexibility index (Phi) is 5.08. The molecule has 1 unspecified atom stereocenters. The third-order valence-electron chi connectivity index (χ3n) is 4.55. The molecule has 1 N–H and O–H groups in total. The van der Waals surface area contributed by atoms with Crippen LogP contribution in [-0.4, -0.2) is 28.5 Å². The molecule has 3 rings (SSSR count). The summed E-state index contributed by atoms with van der Waals surface area (Å²) in [5.41, 5.74) is 1.28. The highest BCUT2D eigenvalue weighted by atomic mass is 32.1. The van der Waals surface area contributed by atoms with Crippen molar-refractivity contribution in [3.63, 3.8) is 0 Å². The smallest absolute Gasteiger partial charge is 0.107 e. The Labute approximate surface area is 126 Å². The van der Waals surface area contributed by atoms with Gasteiger partial charge in [-0.2, -0.15) is 0 Å². The van der Waals surface area contributed by atoms with Gasteiger partial charge in [-0.3, -0.25) is 4.90 Å². The van der Waals surface area contributed by atoms with Crippen molar-refractivity contribution < 1.29 is 0 Å². The molecule has 1 aliphatic heterocycles. The fourth-order valence-electron chi connectivity index (χ4n) is 3.14. The summed E-state index contributed by atoms with van der Waals surface area (Å²) in [7, 11) is 0. The SMILES string of the molecule is CCC1CCCCCN1Cc1csc(CNC2CC2)n1. The lowest BCUT2D eigenvalue weighted by Crippen LogP contribution is -2.33. The van der Waals surface area contributed by atoms with E-state index >= 15 is 0 Å². The summed E-state index contributed by atoms with van der Waals surface area (Å²) in [5.74, 6) is 0. The highest BCUT2D eigenvalue weighted by Crippen LogP contribution is 2.23. The van der Waals surface area contributed by atoms with Crippen molar-refractivity contribution in [2.75, 3.05) is 6.54 Å². The van der Waals surface area contributed by atoms with Crippen LogP contribution >= 0.6 is 11.3 Å². The summed E-state index contributed by atoms with van der Waals surface area (Å²) in [5, 5.41) is 7.08. The molecule has 112 valence electrons. The summed E-state index contributed by atoms with van der Waals surface area (Å²) in [6.45, 7) is 5.60. The van der Waals surface area contributed by atoms with Crippen molar-refractivity contribution in [1.29, 1.82) is 0 Å². The van der Waals surface area contributed by atoms with Gasteiger partial charge in [0, 0.05) is 30.6 Å². The zero-order valence-electron chi connectivity index (χ0n) is 12.6. The number of likely N-dealkylation sites (tertiary alicyclic amines) is 1. The summed E-state index contributed by atoms with van der Waals surface area (Å²) in [6.07, 6.45) is 9.52. The predicted octanol–water partition coefficient (Wildman–Crippen LogP) is 3.55. The molecule has 1 aromatic heterocycles. The van der Waals surface area contributed by atoms with Gasteiger partial charge in [-0.05, 0) is 38.6 Å². The molecule has 0 bridgehead atoms. The molecular formula is C16H27N3S. The average molecular weight is 293 g/mol. The maximum atomic E-state index is 4.82. The van der Waals surface area contributed by atoms with Gasteiger partial charge in [-0.1, -0.05) is 19.8 Å². The number of aromatic nitrogens is 1. The summed E-state index contributed by atoms with van der Waals surface area (Å²) >= 11 is 1.82. The fraction of sp³-hybridized carbons (Fsp3) is 0.812. The molecule has 2 fully saturated rings.